The van der Waals surface area contributed by atoms with Crippen LogP contribution in [0.5, 0.6) is 0 Å². The quantitative estimate of drug-likeness (QED) is 0.452. The zero-order valence-electron chi connectivity index (χ0n) is 15.1. The van der Waals surface area contributed by atoms with E-state index in [2.05, 4.69) is 0 Å². The Labute approximate surface area is 174 Å². The lowest BCUT2D eigenvalue weighted by Crippen LogP contribution is -2.48. The molecule has 5 nitrogen and oxygen atoms in total. The lowest BCUT2D eigenvalue weighted by atomic mass is 9.95. The Balaban J connectivity index is 1.96. The molecule has 7 heteroatoms. The van der Waals surface area contributed by atoms with Gasteiger partial charge in [0.05, 0.1) is 12.1 Å². The molecule has 0 saturated heterocycles. The van der Waals surface area contributed by atoms with Crippen molar-refractivity contribution in [2.45, 2.75) is 35.7 Å². The fraction of sp³-hybridized carbons (Fsp3) is 0.286. The first-order chi connectivity index (χ1) is 13.3. The van der Waals surface area contributed by atoms with E-state index in [0.29, 0.717) is 0 Å². The van der Waals surface area contributed by atoms with E-state index in [0.717, 1.165) is 11.1 Å². The van der Waals surface area contributed by atoms with Gasteiger partial charge in [0.2, 0.25) is 0 Å². The van der Waals surface area contributed by atoms with Crippen LogP contribution in [-0.4, -0.2) is 40.2 Å². The second-order valence-corrected chi connectivity index (χ2v) is 7.40. The summed E-state index contributed by atoms with van der Waals surface area (Å²) >= 11 is 12.0. The van der Waals surface area contributed by atoms with Gasteiger partial charge >= 0.3 is 0 Å². The fourth-order valence-corrected chi connectivity index (χ4v) is 3.36. The Morgan fingerprint density at radius 3 is 1.29 bits per heavy atom. The van der Waals surface area contributed by atoms with E-state index in [4.69, 9.17) is 34.7 Å². The molecule has 0 saturated carbocycles. The summed E-state index contributed by atoms with van der Waals surface area (Å²) in [4.78, 5) is 37.2. The third kappa shape index (κ3) is 5.97. The largest absolute Gasteiger partial charge is 0.321 e. The maximum absolute atomic E-state index is 12.4. The van der Waals surface area contributed by atoms with Gasteiger partial charge in [-0.25, -0.2) is 0 Å². The smallest absolute Gasteiger partial charge is 0.183 e. The average Bonchev–Trinajstić information content (AvgIpc) is 2.72. The molecule has 0 radical (unpaired) electrons. The van der Waals surface area contributed by atoms with Crippen LogP contribution in [0, 0.1) is 0 Å². The third-order valence-corrected chi connectivity index (χ3v) is 5.19. The summed E-state index contributed by atoms with van der Waals surface area (Å²) in [6.07, 6.45) is 0.454. The number of carbonyl (C=O) groups excluding carboxylic acids is 3. The number of Topliss-reactive ketones (excluding diaryl/α,β-unsaturated/α-hetero) is 3. The molecule has 4 N–H and O–H groups in total. The normalized spacial score (nSPS) is 15.3. The Kier molecular flexibility index (Phi) is 8.33. The van der Waals surface area contributed by atoms with Gasteiger partial charge in [-0.15, -0.1) is 23.2 Å². The highest BCUT2D eigenvalue weighted by atomic mass is 35.5. The number of ketones is 3. The van der Waals surface area contributed by atoms with Gasteiger partial charge < -0.3 is 11.5 Å². The van der Waals surface area contributed by atoms with Crippen LogP contribution in [0.3, 0.4) is 0 Å². The maximum Gasteiger partial charge on any atom is 0.183 e. The first kappa shape index (κ1) is 22.2. The average molecular weight is 421 g/mol. The van der Waals surface area contributed by atoms with Gasteiger partial charge in [-0.2, -0.15) is 0 Å². The molecule has 0 aromatic heterocycles. The van der Waals surface area contributed by atoms with E-state index in [1.807, 2.05) is 60.7 Å². The first-order valence-corrected chi connectivity index (χ1v) is 9.67. The van der Waals surface area contributed by atoms with Crippen LogP contribution in [0.25, 0.3) is 0 Å². The third-order valence-electron chi connectivity index (χ3n) is 4.33. The van der Waals surface area contributed by atoms with Gasteiger partial charge in [0.25, 0.3) is 0 Å². The zero-order valence-corrected chi connectivity index (χ0v) is 16.6. The molecular weight excluding hydrogens is 399 g/mol. The Morgan fingerprint density at radius 2 is 0.964 bits per heavy atom. The Morgan fingerprint density at radius 1 is 0.643 bits per heavy atom. The summed E-state index contributed by atoms with van der Waals surface area (Å²) < 4.78 is 0. The van der Waals surface area contributed by atoms with Gasteiger partial charge in [-0.3, -0.25) is 14.4 Å². The van der Waals surface area contributed by atoms with E-state index in [1.54, 1.807) is 0 Å². The van der Waals surface area contributed by atoms with Gasteiger partial charge in [0.15, 0.2) is 28.1 Å². The monoisotopic (exact) mass is 420 g/mol. The number of nitrogens with two attached hydrogens (primary N) is 2. The van der Waals surface area contributed by atoms with Crippen molar-refractivity contribution in [1.29, 1.82) is 0 Å². The molecule has 2 aromatic carbocycles. The van der Waals surface area contributed by atoms with Gasteiger partial charge in [0, 0.05) is 0 Å². The lowest BCUT2D eigenvalue weighted by molar-refractivity contribution is -0.130. The van der Waals surface area contributed by atoms with Crippen molar-refractivity contribution in [2.24, 2.45) is 11.5 Å². The van der Waals surface area contributed by atoms with Crippen LogP contribution in [-0.2, 0) is 27.2 Å². The number of hydrogen-bond donors (Lipinski definition) is 2. The topological polar surface area (TPSA) is 103 Å². The molecule has 2 rings (SSSR count). The van der Waals surface area contributed by atoms with E-state index < -0.39 is 40.2 Å². The molecule has 148 valence electrons. The highest BCUT2D eigenvalue weighted by molar-refractivity contribution is 6.52. The molecule has 0 spiro atoms. The number of carbonyl (C=O) groups is 3. The summed E-state index contributed by atoms with van der Waals surface area (Å²) in [5.74, 6) is -2.25. The van der Waals surface area contributed by atoms with Crippen LogP contribution in [0.2, 0.25) is 0 Å². The van der Waals surface area contributed by atoms with Crippen molar-refractivity contribution in [2.75, 3.05) is 0 Å². The van der Waals surface area contributed by atoms with E-state index in [-0.39, 0.29) is 12.8 Å². The van der Waals surface area contributed by atoms with Crippen LogP contribution < -0.4 is 11.5 Å². The second kappa shape index (κ2) is 10.5. The molecular formula is C21H22Cl2N2O3. The van der Waals surface area contributed by atoms with Crippen LogP contribution in [0.1, 0.15) is 11.1 Å². The Hall–Kier alpha value is -2.05. The molecule has 0 aliphatic carbocycles. The van der Waals surface area contributed by atoms with Gasteiger partial charge in [-0.05, 0) is 24.0 Å². The van der Waals surface area contributed by atoms with Crippen molar-refractivity contribution in [3.05, 3.63) is 71.8 Å². The minimum atomic E-state index is -1.60. The number of hydrogen-bond acceptors (Lipinski definition) is 5. The van der Waals surface area contributed by atoms with Crippen molar-refractivity contribution in [1.82, 2.24) is 0 Å². The van der Waals surface area contributed by atoms with Crippen molar-refractivity contribution in [3.63, 3.8) is 0 Å². The number of benzene rings is 2. The van der Waals surface area contributed by atoms with Crippen molar-refractivity contribution >= 4 is 40.6 Å². The van der Waals surface area contributed by atoms with E-state index in [9.17, 15) is 14.4 Å². The first-order valence-electron chi connectivity index (χ1n) is 8.79. The van der Waals surface area contributed by atoms with Crippen LogP contribution in [0.15, 0.2) is 60.7 Å². The van der Waals surface area contributed by atoms with Crippen LogP contribution in [0.4, 0.5) is 0 Å². The highest BCUT2D eigenvalue weighted by Crippen LogP contribution is 2.15. The van der Waals surface area contributed by atoms with Crippen LogP contribution >= 0.6 is 23.2 Å². The molecule has 4 atom stereocenters. The fourth-order valence-electron chi connectivity index (χ4n) is 2.72. The molecule has 0 aliphatic heterocycles. The zero-order chi connectivity index (χ0) is 20.7. The standard InChI is InChI=1S/C21H22Cl2N2O3/c22-17(19(26)15(24)11-13-7-3-1-4-8-13)21(28)18(23)20(27)16(25)12-14-9-5-2-6-10-14/h1-10,15-18H,11-12,24-25H2. The minimum absolute atomic E-state index is 0.227. The Bertz CT molecular complexity index is 747. The molecule has 0 fully saturated rings. The molecule has 28 heavy (non-hydrogen) atoms. The van der Waals surface area contributed by atoms with Gasteiger partial charge in [0.1, 0.15) is 0 Å². The molecule has 2 aromatic rings. The number of halogens is 2. The molecule has 4 unspecified atom stereocenters. The van der Waals surface area contributed by atoms with E-state index >= 15 is 0 Å². The predicted octanol–water partition coefficient (Wildman–Crippen LogP) is 2.05. The molecule has 0 heterocycles. The van der Waals surface area contributed by atoms with Gasteiger partial charge in [-0.1, -0.05) is 60.7 Å². The summed E-state index contributed by atoms with van der Waals surface area (Å²) in [5.41, 5.74) is 13.4. The lowest BCUT2D eigenvalue weighted by Gasteiger charge is -2.18. The number of rotatable bonds is 10. The second-order valence-electron chi connectivity index (χ2n) is 6.52. The number of alkyl halides is 2. The van der Waals surface area contributed by atoms with Crippen molar-refractivity contribution < 1.29 is 14.4 Å². The SMILES string of the molecule is NC(Cc1ccccc1)C(=O)C(Cl)C(=O)C(Cl)C(=O)C(N)Cc1ccccc1. The van der Waals surface area contributed by atoms with Crippen molar-refractivity contribution in [3.8, 4) is 0 Å². The maximum atomic E-state index is 12.4. The summed E-state index contributed by atoms with van der Waals surface area (Å²) in [7, 11) is 0. The minimum Gasteiger partial charge on any atom is -0.321 e. The molecule has 0 amide bonds. The summed E-state index contributed by atoms with van der Waals surface area (Å²) in [6, 6.07) is 16.2. The highest BCUT2D eigenvalue weighted by Gasteiger charge is 2.37. The predicted molar refractivity (Wildman–Crippen MR) is 111 cm³/mol. The van der Waals surface area contributed by atoms with E-state index in [1.165, 1.54) is 0 Å². The summed E-state index contributed by atoms with van der Waals surface area (Å²) in [5, 5.41) is -3.21. The molecule has 0 aliphatic rings. The molecule has 0 bridgehead atoms. The summed E-state index contributed by atoms with van der Waals surface area (Å²) in [6.45, 7) is 0.